The third-order valence-electron chi connectivity index (χ3n) is 18.3. The van der Waals surface area contributed by atoms with E-state index < -0.39 is 6.51 Å². The average Bonchev–Trinajstić information content (AvgIpc) is 3.69. The van der Waals surface area contributed by atoms with Gasteiger partial charge in [0.05, 0.1) is 0 Å². The first kappa shape index (κ1) is 14.4. The number of hydrogen-bond acceptors (Lipinski definition) is 2. The number of hydrogen-bond donors (Lipinski definition) is 0. The van der Waals surface area contributed by atoms with Crippen LogP contribution in [0, 0.1) is 0 Å². The first-order valence-electron chi connectivity index (χ1n) is 12.1. The zero-order valence-corrected chi connectivity index (χ0v) is 19.1. The van der Waals surface area contributed by atoms with Gasteiger partial charge in [-0.25, -0.2) is 0 Å². The normalized spacial score (nSPS) is 69.6. The van der Waals surface area contributed by atoms with Gasteiger partial charge in [-0.05, 0) is 23.1 Å². The van der Waals surface area contributed by atoms with Crippen LogP contribution in [-0.4, -0.2) is 11.6 Å². The van der Waals surface area contributed by atoms with E-state index in [1.165, 1.54) is 0 Å². The van der Waals surface area contributed by atoms with Crippen LogP contribution in [-0.2, 0) is 11.9 Å². The van der Waals surface area contributed by atoms with Gasteiger partial charge in [0.25, 0.3) is 0 Å². The first-order valence-corrected chi connectivity index (χ1v) is 18.5. The minimum atomic E-state index is -2.28. The van der Waals surface area contributed by atoms with E-state index >= 15 is 0 Å². The van der Waals surface area contributed by atoms with Gasteiger partial charge in [-0.3, -0.25) is 9.59 Å². The van der Waals surface area contributed by atoms with Crippen LogP contribution in [0.15, 0.2) is 42.5 Å². The molecule has 1 aliphatic carbocycles. The van der Waals surface area contributed by atoms with Crippen molar-refractivity contribution >= 4 is 11.6 Å². The van der Waals surface area contributed by atoms with Gasteiger partial charge in [0.2, 0.25) is 0 Å². The van der Waals surface area contributed by atoms with E-state index in [9.17, 15) is 9.59 Å². The van der Waals surface area contributed by atoms with E-state index in [0.717, 1.165) is 5.56 Å². The summed E-state index contributed by atoms with van der Waals surface area (Å²) < 4.78 is 0. The quantitative estimate of drug-likeness (QED) is 0.341. The molecule has 0 saturated carbocycles. The molecule has 0 unspecified atom stereocenters. The number of benzene rings is 2. The van der Waals surface area contributed by atoms with Crippen molar-refractivity contribution in [2.24, 2.45) is 0 Å². The second kappa shape index (κ2) is 1.83. The molecular weight excluding hydrogens is 424 g/mol. The van der Waals surface area contributed by atoms with Crippen LogP contribution >= 0.6 is 0 Å². The second-order valence-corrected chi connectivity index (χ2v) is 39.7. The van der Waals surface area contributed by atoms with Crippen molar-refractivity contribution in [3.05, 3.63) is 70.3 Å². The molecule has 0 radical (unpaired) electrons. The fourth-order valence-corrected chi connectivity index (χ4v) is 90.6. The van der Waals surface area contributed by atoms with Crippen molar-refractivity contribution < 1.29 is 16.1 Å². The maximum absolute atomic E-state index is 12.6. The summed E-state index contributed by atoms with van der Waals surface area (Å²) >= 11 is 0. The Labute approximate surface area is 172 Å². The third kappa shape index (κ3) is 0.328. The molecule has 10 saturated heterocycles. The van der Waals surface area contributed by atoms with Gasteiger partial charge >= 0.3 is 54.7 Å². The van der Waals surface area contributed by atoms with Crippen LogP contribution < -0.4 is 0 Å². The Morgan fingerprint density at radius 1 is 0.581 bits per heavy atom. The molecule has 11 aliphatic rings. The molecule has 2 aromatic rings. The summed E-state index contributed by atoms with van der Waals surface area (Å²) in [5, 5.41) is 0. The summed E-state index contributed by atoms with van der Waals surface area (Å²) in [6.45, 7) is 4.00. The fraction of sp³-hybridized carbons (Fsp3) is 0.500. The van der Waals surface area contributed by atoms with Crippen LogP contribution in [0.4, 0.5) is 0 Å². The van der Waals surface area contributed by atoms with E-state index in [4.69, 9.17) is 0 Å². The van der Waals surface area contributed by atoms with Crippen molar-refractivity contribution in [1.82, 2.24) is 0 Å². The third-order valence-corrected chi connectivity index (χ3v) is 60.3. The molecule has 0 N–H and O–H groups in total. The predicted molar refractivity (Wildman–Crippen MR) is 116 cm³/mol. The number of carbonyl (C=O) groups is 2. The zero-order valence-electron chi connectivity index (χ0n) is 18.0. The van der Waals surface area contributed by atoms with E-state index in [1.807, 2.05) is 12.1 Å². The monoisotopic (exact) mass is 450 g/mol. The zero-order chi connectivity index (χ0) is 20.6. The SMILES string of the molecule is CC(C)(C)c1ccc2c(c1)C(=O)c1ccccc1C2=O.[CH]12[CH]3[CH]4[CH]5[CH]1[Fe]23451678[CH]2[CH]1[CH]6[CH]7[CH]28. The van der Waals surface area contributed by atoms with Gasteiger partial charge in [-0.15, -0.1) is 0 Å². The molecule has 0 aromatic heterocycles. The van der Waals surface area contributed by atoms with Crippen LogP contribution in [0.5, 0.6) is 0 Å². The van der Waals surface area contributed by atoms with Gasteiger partial charge < -0.3 is 0 Å². The van der Waals surface area contributed by atoms with Crippen LogP contribution in [0.25, 0.3) is 0 Å². The van der Waals surface area contributed by atoms with Crippen molar-refractivity contribution in [2.45, 2.75) is 74.3 Å². The molecule has 31 heavy (non-hydrogen) atoms. The maximum atomic E-state index is 12.6. The average molecular weight is 450 g/mol. The van der Waals surface area contributed by atoms with E-state index in [0.29, 0.717) is 22.3 Å². The molecule has 0 amide bonds. The van der Waals surface area contributed by atoms with Crippen molar-refractivity contribution in [2.75, 3.05) is 0 Å². The first-order chi connectivity index (χ1) is 14.6. The van der Waals surface area contributed by atoms with Gasteiger partial charge in [-0.2, -0.15) is 0 Å². The summed E-state index contributed by atoms with van der Waals surface area (Å²) in [6, 6.07) is 12.6. The molecule has 13 rings (SSSR count). The van der Waals surface area contributed by atoms with Crippen LogP contribution in [0.1, 0.15) is 58.2 Å². The molecule has 3 heteroatoms. The summed E-state index contributed by atoms with van der Waals surface area (Å²) in [4.78, 5) is 41.0. The summed E-state index contributed by atoms with van der Waals surface area (Å²) in [7, 11) is 0. The van der Waals surface area contributed by atoms with Crippen LogP contribution in [0.2, 0.25) is 48.2 Å². The van der Waals surface area contributed by atoms with Crippen molar-refractivity contribution in [3.8, 4) is 0 Å². The molecule has 2 nitrogen and oxygen atoms in total. The van der Waals surface area contributed by atoms with E-state index in [2.05, 4.69) is 20.8 Å². The van der Waals surface area contributed by atoms with Gasteiger partial charge in [-0.1, -0.05) is 51.1 Å². The fourth-order valence-electron chi connectivity index (χ4n) is 18.4. The molecule has 10 heterocycles. The molecule has 10 fully saturated rings. The number of carbonyl (C=O) groups excluding carboxylic acids is 2. The molecule has 0 bridgehead atoms. The van der Waals surface area contributed by atoms with Crippen molar-refractivity contribution in [1.29, 1.82) is 0 Å². The summed E-state index contributed by atoms with van der Waals surface area (Å²) in [5.41, 5.74) is 3.08. The van der Waals surface area contributed by atoms with E-state index in [-0.39, 0.29) is 17.0 Å². The summed E-state index contributed by atoms with van der Waals surface area (Å²) in [5.74, 6) is -0.114. The number of fused-ring (bicyclic) bond motifs is 12. The minimum absolute atomic E-state index is 0.0463. The Kier molecular flexibility index (Phi) is 0.854. The Hall–Kier alpha value is -1.70. The second-order valence-electron chi connectivity index (χ2n) is 15.8. The van der Waals surface area contributed by atoms with Crippen LogP contribution in [0.3, 0.4) is 0 Å². The van der Waals surface area contributed by atoms with Gasteiger partial charge in [0.1, 0.15) is 0 Å². The molecule has 2 aromatic carbocycles. The number of rotatable bonds is 0. The molecule has 158 valence electrons. The van der Waals surface area contributed by atoms with E-state index in [1.54, 1.807) is 78.5 Å². The Balaban J connectivity index is 0.0000000969. The number of ketones is 2. The van der Waals surface area contributed by atoms with Gasteiger partial charge in [0.15, 0.2) is 11.6 Å². The Morgan fingerprint density at radius 2 is 0.968 bits per heavy atom. The Morgan fingerprint density at radius 3 is 1.32 bits per heavy atom. The molecule has 10 aliphatic heterocycles. The van der Waals surface area contributed by atoms with Gasteiger partial charge in [0, 0.05) is 22.3 Å². The predicted octanol–water partition coefficient (Wildman–Crippen LogP) is 7.14. The summed E-state index contributed by atoms with van der Waals surface area (Å²) in [6.07, 6.45) is 0. The molecular formula is C28H26FeO2. The Bertz CT molecular complexity index is 1590. The molecule has 1 spiro atoms. The standard InChI is InChI=1S/C18H16O2.2C5H5.Fe/c1-18(2,3)11-8-9-14-15(10-11)17(20)13-7-5-4-6-12(13)16(14)19;2*1-2-4-5-3-1;/h4-10H,1-3H3;2*1-5H;. The van der Waals surface area contributed by atoms with Crippen molar-refractivity contribution in [3.63, 3.8) is 0 Å². The molecule has 0 atom stereocenters. The topological polar surface area (TPSA) is 34.1 Å².